The largest absolute Gasteiger partial charge is 0.483 e. The molecule has 0 unspecified atom stereocenters. The Morgan fingerprint density at radius 1 is 1.00 bits per heavy atom. The lowest BCUT2D eigenvalue weighted by atomic mass is 9.98. The fourth-order valence-electron chi connectivity index (χ4n) is 3.14. The van der Waals surface area contributed by atoms with Crippen LogP contribution in [0.1, 0.15) is 25.7 Å². The Bertz CT molecular complexity index is 320. The molecule has 2 atom stereocenters. The lowest BCUT2D eigenvalue weighted by molar-refractivity contribution is -0.131. The average Bonchev–Trinajstić information content (AvgIpc) is 2.78. The van der Waals surface area contributed by atoms with Crippen LogP contribution in [0.3, 0.4) is 0 Å². The molecule has 0 aromatic carbocycles. The normalized spacial score (nSPS) is 26.0. The van der Waals surface area contributed by atoms with Crippen LogP contribution < -0.4 is 0 Å². The second-order valence-corrected chi connectivity index (χ2v) is 5.98. The fraction of sp³-hybridized carbons (Fsp3) is 0.867. The van der Waals surface area contributed by atoms with Crippen molar-refractivity contribution in [3.05, 3.63) is 0 Å². The second-order valence-electron chi connectivity index (χ2n) is 5.98. The molecular formula is C15H28N2O5. The van der Waals surface area contributed by atoms with E-state index in [1.807, 2.05) is 4.90 Å². The maximum absolute atomic E-state index is 12.3. The van der Waals surface area contributed by atoms with Gasteiger partial charge in [-0.2, -0.15) is 0 Å². The molecule has 2 heterocycles. The summed E-state index contributed by atoms with van der Waals surface area (Å²) in [4.78, 5) is 24.7. The Balaban J connectivity index is 0.000000745. The van der Waals surface area contributed by atoms with E-state index in [1.165, 1.54) is 25.7 Å². The van der Waals surface area contributed by atoms with Gasteiger partial charge in [-0.1, -0.05) is 12.8 Å². The summed E-state index contributed by atoms with van der Waals surface area (Å²) in [6.45, 7) is 3.58. The molecule has 3 N–H and O–H groups in total. The molecule has 0 bridgehead atoms. The van der Waals surface area contributed by atoms with E-state index < -0.39 is 0 Å². The molecule has 2 aliphatic rings. The average molecular weight is 316 g/mol. The standard InChI is InChI=1S/C14H26N2O3.CH2O2/c17-10-12-7-16(8-13(12)11-18)14(19)9-15-5-3-1-2-4-6-15;2-1-3/h12-13,17-18H,1-11H2;1H,(H,2,3)/t12-,13-;/m0./s1. The van der Waals surface area contributed by atoms with Gasteiger partial charge in [0.05, 0.1) is 6.54 Å². The van der Waals surface area contributed by atoms with Gasteiger partial charge in [0, 0.05) is 38.1 Å². The van der Waals surface area contributed by atoms with E-state index in [0.29, 0.717) is 19.6 Å². The molecule has 22 heavy (non-hydrogen) atoms. The number of hydrogen-bond acceptors (Lipinski definition) is 5. The zero-order valence-electron chi connectivity index (χ0n) is 13.1. The third kappa shape index (κ3) is 5.90. The van der Waals surface area contributed by atoms with Crippen molar-refractivity contribution < 1.29 is 24.9 Å². The third-order valence-electron chi connectivity index (χ3n) is 4.46. The van der Waals surface area contributed by atoms with E-state index in [4.69, 9.17) is 9.90 Å². The van der Waals surface area contributed by atoms with E-state index >= 15 is 0 Å². The van der Waals surface area contributed by atoms with E-state index in [0.717, 1.165) is 13.1 Å². The zero-order chi connectivity index (χ0) is 16.4. The molecular weight excluding hydrogens is 288 g/mol. The van der Waals surface area contributed by atoms with Crippen molar-refractivity contribution in [1.82, 2.24) is 9.80 Å². The number of amides is 1. The Kier molecular flexibility index (Phi) is 9.03. The summed E-state index contributed by atoms with van der Waals surface area (Å²) in [5.41, 5.74) is 0. The van der Waals surface area contributed by atoms with Crippen molar-refractivity contribution >= 4 is 12.4 Å². The molecule has 0 aromatic heterocycles. The summed E-state index contributed by atoms with van der Waals surface area (Å²) in [6.07, 6.45) is 4.92. The van der Waals surface area contributed by atoms with Gasteiger partial charge in [-0.15, -0.1) is 0 Å². The first-order valence-corrected chi connectivity index (χ1v) is 7.96. The van der Waals surface area contributed by atoms with Crippen molar-refractivity contribution in [3.8, 4) is 0 Å². The topological polar surface area (TPSA) is 101 Å². The van der Waals surface area contributed by atoms with Crippen molar-refractivity contribution in [2.45, 2.75) is 25.7 Å². The maximum Gasteiger partial charge on any atom is 0.290 e. The smallest absolute Gasteiger partial charge is 0.290 e. The van der Waals surface area contributed by atoms with Gasteiger partial charge >= 0.3 is 0 Å². The fourth-order valence-corrected chi connectivity index (χ4v) is 3.14. The first-order chi connectivity index (χ1) is 10.7. The number of hydrogen-bond donors (Lipinski definition) is 3. The van der Waals surface area contributed by atoms with Gasteiger partial charge in [-0.25, -0.2) is 0 Å². The Morgan fingerprint density at radius 2 is 1.45 bits per heavy atom. The minimum atomic E-state index is -0.250. The molecule has 128 valence electrons. The van der Waals surface area contributed by atoms with E-state index in [1.54, 1.807) is 0 Å². The first kappa shape index (κ1) is 18.9. The van der Waals surface area contributed by atoms with Crippen molar-refractivity contribution in [2.75, 3.05) is 45.9 Å². The molecule has 1 amide bonds. The predicted octanol–water partition coefficient (Wildman–Crippen LogP) is -0.378. The minimum Gasteiger partial charge on any atom is -0.483 e. The van der Waals surface area contributed by atoms with Crippen molar-refractivity contribution in [3.63, 3.8) is 0 Å². The van der Waals surface area contributed by atoms with E-state index in [2.05, 4.69) is 4.90 Å². The highest BCUT2D eigenvalue weighted by Crippen LogP contribution is 2.23. The predicted molar refractivity (Wildman–Crippen MR) is 81.3 cm³/mol. The van der Waals surface area contributed by atoms with Crippen molar-refractivity contribution in [2.24, 2.45) is 11.8 Å². The summed E-state index contributed by atoms with van der Waals surface area (Å²) in [5.74, 6) is 0.229. The molecule has 0 saturated carbocycles. The van der Waals surface area contributed by atoms with Crippen molar-refractivity contribution in [1.29, 1.82) is 0 Å². The molecule has 2 aliphatic heterocycles. The van der Waals surface area contributed by atoms with Gasteiger partial charge in [-0.3, -0.25) is 14.5 Å². The molecule has 2 fully saturated rings. The van der Waals surface area contributed by atoms with Crippen LogP contribution in [0.25, 0.3) is 0 Å². The molecule has 0 aliphatic carbocycles. The summed E-state index contributed by atoms with van der Waals surface area (Å²) in [7, 11) is 0. The Morgan fingerprint density at radius 3 is 1.86 bits per heavy atom. The maximum atomic E-state index is 12.3. The zero-order valence-corrected chi connectivity index (χ0v) is 13.1. The number of aliphatic hydroxyl groups excluding tert-OH is 2. The molecule has 0 aromatic rings. The lowest BCUT2D eigenvalue weighted by Gasteiger charge is -2.23. The SMILES string of the molecule is O=C(CN1CCCCCC1)N1C[C@@H](CO)[C@H](CO)C1.O=CO. The number of rotatable bonds is 4. The summed E-state index contributed by atoms with van der Waals surface area (Å²) >= 11 is 0. The summed E-state index contributed by atoms with van der Waals surface area (Å²) in [5, 5.41) is 25.4. The van der Waals surface area contributed by atoms with Gasteiger partial charge in [-0.05, 0) is 25.9 Å². The van der Waals surface area contributed by atoms with Crippen LogP contribution in [0.2, 0.25) is 0 Å². The van der Waals surface area contributed by atoms with Crippen LogP contribution in [-0.2, 0) is 9.59 Å². The first-order valence-electron chi connectivity index (χ1n) is 7.96. The molecule has 2 rings (SSSR count). The Hall–Kier alpha value is -1.18. The summed E-state index contributed by atoms with van der Waals surface area (Å²) < 4.78 is 0. The monoisotopic (exact) mass is 316 g/mol. The molecule has 7 nitrogen and oxygen atoms in total. The van der Waals surface area contributed by atoms with Crippen LogP contribution in [0.4, 0.5) is 0 Å². The van der Waals surface area contributed by atoms with Crippen LogP contribution in [-0.4, -0.2) is 83.4 Å². The van der Waals surface area contributed by atoms with Crippen LogP contribution >= 0.6 is 0 Å². The van der Waals surface area contributed by atoms with E-state index in [-0.39, 0.29) is 37.4 Å². The highest BCUT2D eigenvalue weighted by Gasteiger charge is 2.34. The third-order valence-corrected chi connectivity index (χ3v) is 4.46. The molecule has 0 spiro atoms. The van der Waals surface area contributed by atoms with Gasteiger partial charge < -0.3 is 20.2 Å². The Labute approximate surface area is 131 Å². The van der Waals surface area contributed by atoms with E-state index in [9.17, 15) is 15.0 Å². The van der Waals surface area contributed by atoms with Gasteiger partial charge in [0.2, 0.25) is 5.91 Å². The highest BCUT2D eigenvalue weighted by atomic mass is 16.3. The van der Waals surface area contributed by atoms with Gasteiger partial charge in [0.25, 0.3) is 6.47 Å². The van der Waals surface area contributed by atoms with Gasteiger partial charge in [0.15, 0.2) is 0 Å². The number of carbonyl (C=O) groups is 2. The number of likely N-dealkylation sites (tertiary alicyclic amines) is 2. The number of carboxylic acid groups (broad SMARTS) is 1. The van der Waals surface area contributed by atoms with Crippen LogP contribution in [0.5, 0.6) is 0 Å². The number of carbonyl (C=O) groups excluding carboxylic acids is 1. The lowest BCUT2D eigenvalue weighted by Crippen LogP contribution is -2.40. The number of nitrogens with zero attached hydrogens (tertiary/aromatic N) is 2. The number of aliphatic hydroxyl groups is 2. The quantitative estimate of drug-likeness (QED) is 0.611. The van der Waals surface area contributed by atoms with Crippen LogP contribution in [0.15, 0.2) is 0 Å². The molecule has 2 saturated heterocycles. The highest BCUT2D eigenvalue weighted by molar-refractivity contribution is 5.78. The molecule has 0 radical (unpaired) electrons. The van der Waals surface area contributed by atoms with Crippen LogP contribution in [0, 0.1) is 11.8 Å². The molecule has 7 heteroatoms. The summed E-state index contributed by atoms with van der Waals surface area (Å²) in [6, 6.07) is 0. The second kappa shape index (κ2) is 10.5. The van der Waals surface area contributed by atoms with Gasteiger partial charge in [0.1, 0.15) is 0 Å². The minimum absolute atomic E-state index is 0.0399.